The Balaban J connectivity index is 1.85. The number of amides is 2. The molecular formula is C20H21F3N2O2. The first-order valence-corrected chi connectivity index (χ1v) is 8.41. The molecule has 0 saturated carbocycles. The zero-order chi connectivity index (χ0) is 20.2. The van der Waals surface area contributed by atoms with Gasteiger partial charge in [-0.3, -0.25) is 9.59 Å². The fraction of sp³-hybridized carbons (Fsp3) is 0.300. The molecule has 0 heterocycles. The van der Waals surface area contributed by atoms with Crippen molar-refractivity contribution in [1.82, 2.24) is 10.6 Å². The van der Waals surface area contributed by atoms with Gasteiger partial charge in [0.15, 0.2) is 17.5 Å². The summed E-state index contributed by atoms with van der Waals surface area (Å²) in [6.45, 7) is 6.31. The van der Waals surface area contributed by atoms with Gasteiger partial charge in [0, 0.05) is 18.7 Å². The first-order chi connectivity index (χ1) is 12.6. The number of hydrogen-bond acceptors (Lipinski definition) is 2. The first-order valence-electron chi connectivity index (χ1n) is 8.41. The Kier molecular flexibility index (Phi) is 6.25. The Morgan fingerprint density at radius 2 is 1.37 bits per heavy atom. The van der Waals surface area contributed by atoms with E-state index in [1.165, 1.54) is 0 Å². The van der Waals surface area contributed by atoms with Crippen molar-refractivity contribution in [3.8, 4) is 0 Å². The number of carbonyl (C=O) groups excluding carboxylic acids is 2. The highest BCUT2D eigenvalue weighted by Gasteiger charge is 2.18. The van der Waals surface area contributed by atoms with Gasteiger partial charge in [0.1, 0.15) is 0 Å². The Bertz CT molecular complexity index is 844. The molecule has 0 aliphatic heterocycles. The van der Waals surface area contributed by atoms with Crippen molar-refractivity contribution in [2.45, 2.75) is 26.2 Å². The number of hydrogen-bond donors (Lipinski definition) is 2. The maximum atomic E-state index is 13.5. The molecule has 0 aliphatic carbocycles. The van der Waals surface area contributed by atoms with Crippen LogP contribution in [0.1, 0.15) is 47.1 Å². The summed E-state index contributed by atoms with van der Waals surface area (Å²) in [5, 5.41) is 4.96. The minimum absolute atomic E-state index is 0.00306. The van der Waals surface area contributed by atoms with Crippen molar-refractivity contribution in [2.75, 3.05) is 13.1 Å². The molecule has 2 N–H and O–H groups in total. The monoisotopic (exact) mass is 378 g/mol. The molecule has 0 aliphatic rings. The van der Waals surface area contributed by atoms with Gasteiger partial charge in [-0.2, -0.15) is 0 Å². The molecule has 0 saturated heterocycles. The molecule has 27 heavy (non-hydrogen) atoms. The summed E-state index contributed by atoms with van der Waals surface area (Å²) in [7, 11) is 0. The van der Waals surface area contributed by atoms with E-state index >= 15 is 0 Å². The summed E-state index contributed by atoms with van der Waals surface area (Å²) in [6, 6.07) is 8.72. The fourth-order valence-electron chi connectivity index (χ4n) is 2.37. The SMILES string of the molecule is CC(C)(C)c1ccc(C(=O)NCCNC(=O)c2ccc(F)c(F)c2F)cc1. The molecule has 0 radical (unpaired) electrons. The molecule has 0 unspecified atom stereocenters. The van der Waals surface area contributed by atoms with Crippen LogP contribution in [0.2, 0.25) is 0 Å². The molecular weight excluding hydrogens is 357 g/mol. The zero-order valence-corrected chi connectivity index (χ0v) is 15.3. The maximum Gasteiger partial charge on any atom is 0.254 e. The molecule has 0 fully saturated rings. The summed E-state index contributed by atoms with van der Waals surface area (Å²) >= 11 is 0. The minimum Gasteiger partial charge on any atom is -0.350 e. The van der Waals surface area contributed by atoms with Crippen LogP contribution in [-0.2, 0) is 5.41 Å². The van der Waals surface area contributed by atoms with Crippen molar-refractivity contribution in [3.63, 3.8) is 0 Å². The van der Waals surface area contributed by atoms with Gasteiger partial charge in [-0.1, -0.05) is 32.9 Å². The van der Waals surface area contributed by atoms with Gasteiger partial charge in [0.2, 0.25) is 0 Å². The van der Waals surface area contributed by atoms with Crippen LogP contribution in [0.25, 0.3) is 0 Å². The summed E-state index contributed by atoms with van der Waals surface area (Å²) in [5.74, 6) is -5.82. The molecule has 2 amide bonds. The number of carbonyl (C=O) groups is 2. The Hall–Kier alpha value is -2.83. The van der Waals surface area contributed by atoms with Gasteiger partial charge in [-0.25, -0.2) is 13.2 Å². The third kappa shape index (κ3) is 5.09. The normalized spacial score (nSPS) is 11.2. The van der Waals surface area contributed by atoms with Crippen molar-refractivity contribution < 1.29 is 22.8 Å². The third-order valence-corrected chi connectivity index (χ3v) is 3.99. The first kappa shape index (κ1) is 20.5. The molecule has 2 aromatic carbocycles. The van der Waals surface area contributed by atoms with Crippen LogP contribution >= 0.6 is 0 Å². The lowest BCUT2D eigenvalue weighted by Crippen LogP contribution is -2.35. The average Bonchev–Trinajstić information content (AvgIpc) is 2.62. The Morgan fingerprint density at radius 1 is 0.815 bits per heavy atom. The van der Waals surface area contributed by atoms with Crippen LogP contribution in [0.5, 0.6) is 0 Å². The second kappa shape index (κ2) is 8.24. The van der Waals surface area contributed by atoms with Gasteiger partial charge in [-0.05, 0) is 35.2 Å². The average molecular weight is 378 g/mol. The van der Waals surface area contributed by atoms with Crippen LogP contribution in [0.3, 0.4) is 0 Å². The zero-order valence-electron chi connectivity index (χ0n) is 15.3. The number of halogens is 3. The highest BCUT2D eigenvalue weighted by molar-refractivity contribution is 5.95. The second-order valence-electron chi connectivity index (χ2n) is 7.06. The highest BCUT2D eigenvalue weighted by atomic mass is 19.2. The van der Waals surface area contributed by atoms with Gasteiger partial charge in [0.05, 0.1) is 5.56 Å². The topological polar surface area (TPSA) is 58.2 Å². The summed E-state index contributed by atoms with van der Waals surface area (Å²) in [4.78, 5) is 23.9. The summed E-state index contributed by atoms with van der Waals surface area (Å²) in [6.07, 6.45) is 0. The van der Waals surface area contributed by atoms with E-state index < -0.39 is 28.9 Å². The van der Waals surface area contributed by atoms with E-state index in [4.69, 9.17) is 0 Å². The lowest BCUT2D eigenvalue weighted by atomic mass is 9.87. The quantitative estimate of drug-likeness (QED) is 0.617. The number of rotatable bonds is 5. The lowest BCUT2D eigenvalue weighted by Gasteiger charge is -2.19. The van der Waals surface area contributed by atoms with Crippen LogP contribution in [0, 0.1) is 17.5 Å². The molecule has 0 atom stereocenters. The Labute approximate surface area is 155 Å². The smallest absolute Gasteiger partial charge is 0.254 e. The molecule has 2 aromatic rings. The van der Waals surface area contributed by atoms with Gasteiger partial charge >= 0.3 is 0 Å². The van der Waals surface area contributed by atoms with Crippen molar-refractivity contribution in [2.24, 2.45) is 0 Å². The lowest BCUT2D eigenvalue weighted by molar-refractivity contribution is 0.0924. The minimum atomic E-state index is -1.70. The molecule has 0 bridgehead atoms. The summed E-state index contributed by atoms with van der Waals surface area (Å²) in [5.41, 5.74) is 0.952. The van der Waals surface area contributed by atoms with Crippen LogP contribution < -0.4 is 10.6 Å². The van der Waals surface area contributed by atoms with E-state index in [1.54, 1.807) is 12.1 Å². The van der Waals surface area contributed by atoms with E-state index in [9.17, 15) is 22.8 Å². The molecule has 144 valence electrons. The highest BCUT2D eigenvalue weighted by Crippen LogP contribution is 2.22. The van der Waals surface area contributed by atoms with E-state index in [0.717, 1.165) is 11.6 Å². The van der Waals surface area contributed by atoms with Crippen LogP contribution in [-0.4, -0.2) is 24.9 Å². The molecule has 0 aromatic heterocycles. The van der Waals surface area contributed by atoms with Crippen molar-refractivity contribution in [1.29, 1.82) is 0 Å². The van der Waals surface area contributed by atoms with Crippen molar-refractivity contribution >= 4 is 11.8 Å². The maximum absolute atomic E-state index is 13.5. The molecule has 2 rings (SSSR count). The van der Waals surface area contributed by atoms with Crippen LogP contribution in [0.15, 0.2) is 36.4 Å². The molecule has 0 spiro atoms. The third-order valence-electron chi connectivity index (χ3n) is 3.99. The van der Waals surface area contributed by atoms with E-state index in [2.05, 4.69) is 31.4 Å². The summed E-state index contributed by atoms with van der Waals surface area (Å²) < 4.78 is 39.6. The van der Waals surface area contributed by atoms with E-state index in [0.29, 0.717) is 11.6 Å². The Morgan fingerprint density at radius 3 is 1.93 bits per heavy atom. The van der Waals surface area contributed by atoms with Gasteiger partial charge in [-0.15, -0.1) is 0 Å². The van der Waals surface area contributed by atoms with E-state index in [-0.39, 0.29) is 24.4 Å². The van der Waals surface area contributed by atoms with Gasteiger partial charge in [0.25, 0.3) is 11.8 Å². The van der Waals surface area contributed by atoms with Crippen molar-refractivity contribution in [3.05, 3.63) is 70.5 Å². The van der Waals surface area contributed by atoms with E-state index in [1.807, 2.05) is 12.1 Å². The largest absolute Gasteiger partial charge is 0.350 e. The molecule has 4 nitrogen and oxygen atoms in total. The number of benzene rings is 2. The standard InChI is InChI=1S/C20H21F3N2O2/c1-20(2,3)13-6-4-12(5-7-13)18(26)24-10-11-25-19(27)14-8-9-15(21)17(23)16(14)22/h4-9H,10-11H2,1-3H3,(H,24,26)(H,25,27). The van der Waals surface area contributed by atoms with Crippen LogP contribution in [0.4, 0.5) is 13.2 Å². The molecule has 7 heteroatoms. The van der Waals surface area contributed by atoms with Gasteiger partial charge < -0.3 is 10.6 Å². The predicted octanol–water partition coefficient (Wildman–Crippen LogP) is 3.56. The number of nitrogens with one attached hydrogen (secondary N) is 2. The predicted molar refractivity (Wildman–Crippen MR) is 96.1 cm³/mol. The second-order valence-corrected chi connectivity index (χ2v) is 7.06. The fourth-order valence-corrected chi connectivity index (χ4v) is 2.37.